The first-order valence-corrected chi connectivity index (χ1v) is 9.20. The van der Waals surface area contributed by atoms with Gasteiger partial charge in [-0.05, 0) is 42.5 Å². The quantitative estimate of drug-likeness (QED) is 0.752. The first kappa shape index (κ1) is 17.3. The van der Waals surface area contributed by atoms with Crippen molar-refractivity contribution in [3.05, 3.63) is 71.8 Å². The number of aryl methyl sites for hydroxylation is 1. The monoisotopic (exact) mass is 358 g/mol. The molecule has 27 heavy (non-hydrogen) atoms. The lowest BCUT2D eigenvalue weighted by Gasteiger charge is -2.19. The second-order valence-corrected chi connectivity index (χ2v) is 7.14. The standard InChI is InChI=1S/C23H22N2O2/c1-15-7-5-11-20(16(15)2)24-23(27)18-13-22(26)25(14-18)21-12-6-9-17-8-3-4-10-19(17)21/h3-12,18H,13-14H2,1-2H3,(H,24,27)/t18-/m0/s1. The molecule has 0 unspecified atom stereocenters. The Morgan fingerprint density at radius 2 is 1.74 bits per heavy atom. The fourth-order valence-corrected chi connectivity index (χ4v) is 3.68. The van der Waals surface area contributed by atoms with Crippen LogP contribution >= 0.6 is 0 Å². The van der Waals surface area contributed by atoms with E-state index in [0.29, 0.717) is 6.54 Å². The van der Waals surface area contributed by atoms with Crippen LogP contribution in [0.4, 0.5) is 11.4 Å². The van der Waals surface area contributed by atoms with Gasteiger partial charge in [0.1, 0.15) is 0 Å². The van der Waals surface area contributed by atoms with Crippen LogP contribution in [0.15, 0.2) is 60.7 Å². The van der Waals surface area contributed by atoms with Crippen LogP contribution in [0.5, 0.6) is 0 Å². The molecule has 2 amide bonds. The highest BCUT2D eigenvalue weighted by molar-refractivity contribution is 6.08. The van der Waals surface area contributed by atoms with E-state index in [1.165, 1.54) is 0 Å². The number of benzene rings is 3. The minimum absolute atomic E-state index is 0.00697. The molecule has 3 aromatic carbocycles. The van der Waals surface area contributed by atoms with E-state index >= 15 is 0 Å². The zero-order valence-electron chi connectivity index (χ0n) is 15.5. The lowest BCUT2D eigenvalue weighted by atomic mass is 10.1. The summed E-state index contributed by atoms with van der Waals surface area (Å²) in [6.45, 7) is 4.42. The van der Waals surface area contributed by atoms with Crippen molar-refractivity contribution >= 4 is 34.0 Å². The van der Waals surface area contributed by atoms with Crippen molar-refractivity contribution < 1.29 is 9.59 Å². The highest BCUT2D eigenvalue weighted by atomic mass is 16.2. The Kier molecular flexibility index (Phi) is 4.40. The molecule has 0 radical (unpaired) electrons. The molecular formula is C23H22N2O2. The van der Waals surface area contributed by atoms with E-state index in [1.807, 2.05) is 74.5 Å². The number of hydrogen-bond donors (Lipinski definition) is 1. The molecule has 1 heterocycles. The summed E-state index contributed by atoms with van der Waals surface area (Å²) in [6, 6.07) is 19.8. The Morgan fingerprint density at radius 1 is 1.00 bits per heavy atom. The number of hydrogen-bond acceptors (Lipinski definition) is 2. The normalized spacial score (nSPS) is 16.7. The van der Waals surface area contributed by atoms with E-state index in [9.17, 15) is 9.59 Å². The van der Waals surface area contributed by atoms with Crippen molar-refractivity contribution in [2.24, 2.45) is 5.92 Å². The van der Waals surface area contributed by atoms with Crippen LogP contribution in [0.3, 0.4) is 0 Å². The van der Waals surface area contributed by atoms with Gasteiger partial charge >= 0.3 is 0 Å². The van der Waals surface area contributed by atoms with E-state index in [0.717, 1.165) is 33.3 Å². The number of fused-ring (bicyclic) bond motifs is 1. The van der Waals surface area contributed by atoms with Gasteiger partial charge in [0.2, 0.25) is 11.8 Å². The van der Waals surface area contributed by atoms with Gasteiger partial charge in [-0.25, -0.2) is 0 Å². The topological polar surface area (TPSA) is 49.4 Å². The predicted molar refractivity (Wildman–Crippen MR) is 109 cm³/mol. The van der Waals surface area contributed by atoms with E-state index in [-0.39, 0.29) is 24.2 Å². The highest BCUT2D eigenvalue weighted by Gasteiger charge is 2.35. The Labute approximate surface area is 158 Å². The van der Waals surface area contributed by atoms with E-state index in [2.05, 4.69) is 5.32 Å². The molecule has 136 valence electrons. The fraction of sp³-hybridized carbons (Fsp3) is 0.217. The van der Waals surface area contributed by atoms with E-state index < -0.39 is 0 Å². The molecule has 0 saturated carbocycles. The van der Waals surface area contributed by atoms with Crippen molar-refractivity contribution in [3.8, 4) is 0 Å². The molecule has 4 nitrogen and oxygen atoms in total. The van der Waals surface area contributed by atoms with E-state index in [4.69, 9.17) is 0 Å². The zero-order chi connectivity index (χ0) is 19.0. The summed E-state index contributed by atoms with van der Waals surface area (Å²) >= 11 is 0. The molecule has 0 aromatic heterocycles. The number of rotatable bonds is 3. The van der Waals surface area contributed by atoms with Gasteiger partial charge in [0.15, 0.2) is 0 Å². The van der Waals surface area contributed by atoms with Gasteiger partial charge in [0.25, 0.3) is 0 Å². The number of amides is 2. The second kappa shape index (κ2) is 6.88. The maximum Gasteiger partial charge on any atom is 0.229 e. The third-order valence-corrected chi connectivity index (χ3v) is 5.42. The third-order valence-electron chi connectivity index (χ3n) is 5.42. The first-order valence-electron chi connectivity index (χ1n) is 9.20. The number of carbonyl (C=O) groups excluding carboxylic acids is 2. The second-order valence-electron chi connectivity index (χ2n) is 7.14. The minimum Gasteiger partial charge on any atom is -0.326 e. The molecule has 3 aromatic rings. The van der Waals surface area contributed by atoms with Crippen LogP contribution < -0.4 is 10.2 Å². The van der Waals surface area contributed by atoms with Crippen LogP contribution in [0.1, 0.15) is 17.5 Å². The molecule has 1 aliphatic heterocycles. The van der Waals surface area contributed by atoms with Gasteiger partial charge in [-0.15, -0.1) is 0 Å². The van der Waals surface area contributed by atoms with Crippen molar-refractivity contribution in [1.29, 1.82) is 0 Å². The summed E-state index contributed by atoms with van der Waals surface area (Å²) in [4.78, 5) is 27.2. The number of anilines is 2. The molecule has 0 bridgehead atoms. The minimum atomic E-state index is -0.351. The lowest BCUT2D eigenvalue weighted by molar-refractivity contribution is -0.122. The van der Waals surface area contributed by atoms with Crippen LogP contribution in [-0.2, 0) is 9.59 Å². The summed E-state index contributed by atoms with van der Waals surface area (Å²) in [5.74, 6) is -0.455. The molecule has 1 atom stereocenters. The smallest absolute Gasteiger partial charge is 0.229 e. The average molecular weight is 358 g/mol. The molecule has 1 aliphatic rings. The number of nitrogens with zero attached hydrogens (tertiary/aromatic N) is 1. The molecule has 0 aliphatic carbocycles. The maximum atomic E-state index is 12.8. The third kappa shape index (κ3) is 3.19. The number of carbonyl (C=O) groups is 2. The van der Waals surface area contributed by atoms with Crippen LogP contribution in [0, 0.1) is 19.8 Å². The molecule has 0 spiro atoms. The first-order chi connectivity index (χ1) is 13.0. The molecule has 4 heteroatoms. The van der Waals surface area contributed by atoms with Crippen LogP contribution in [0.25, 0.3) is 10.8 Å². The van der Waals surface area contributed by atoms with Gasteiger partial charge < -0.3 is 10.2 Å². The van der Waals surface area contributed by atoms with Crippen molar-refractivity contribution in [2.45, 2.75) is 20.3 Å². The fourth-order valence-electron chi connectivity index (χ4n) is 3.68. The summed E-state index contributed by atoms with van der Waals surface area (Å²) in [6.07, 6.45) is 0.236. The number of nitrogens with one attached hydrogen (secondary N) is 1. The SMILES string of the molecule is Cc1cccc(NC(=O)[C@H]2CC(=O)N(c3cccc4ccccc34)C2)c1C. The zero-order valence-corrected chi connectivity index (χ0v) is 15.5. The Bertz CT molecular complexity index is 1040. The molecule has 1 N–H and O–H groups in total. The summed E-state index contributed by atoms with van der Waals surface area (Å²) in [5.41, 5.74) is 3.88. The van der Waals surface area contributed by atoms with Gasteiger partial charge in [-0.1, -0.05) is 48.5 Å². The highest BCUT2D eigenvalue weighted by Crippen LogP contribution is 2.32. The average Bonchev–Trinajstić information content (AvgIpc) is 3.06. The molecule has 1 saturated heterocycles. The lowest BCUT2D eigenvalue weighted by Crippen LogP contribution is -2.28. The van der Waals surface area contributed by atoms with Crippen LogP contribution in [0.2, 0.25) is 0 Å². The van der Waals surface area contributed by atoms with Gasteiger partial charge in [0, 0.05) is 24.0 Å². The van der Waals surface area contributed by atoms with Crippen molar-refractivity contribution in [3.63, 3.8) is 0 Å². The van der Waals surface area contributed by atoms with Gasteiger partial charge in [-0.2, -0.15) is 0 Å². The largest absolute Gasteiger partial charge is 0.326 e. The Balaban J connectivity index is 1.57. The molecular weight excluding hydrogens is 336 g/mol. The van der Waals surface area contributed by atoms with Crippen molar-refractivity contribution in [2.75, 3.05) is 16.8 Å². The molecule has 1 fully saturated rings. The van der Waals surface area contributed by atoms with Gasteiger partial charge in [-0.3, -0.25) is 9.59 Å². The summed E-state index contributed by atoms with van der Waals surface area (Å²) < 4.78 is 0. The predicted octanol–water partition coefficient (Wildman–Crippen LogP) is 4.45. The molecule has 4 rings (SSSR count). The van der Waals surface area contributed by atoms with E-state index in [1.54, 1.807) is 4.90 Å². The van der Waals surface area contributed by atoms with Crippen LogP contribution in [-0.4, -0.2) is 18.4 Å². The summed E-state index contributed by atoms with van der Waals surface area (Å²) in [5, 5.41) is 5.13. The summed E-state index contributed by atoms with van der Waals surface area (Å²) in [7, 11) is 0. The Morgan fingerprint density at radius 3 is 2.59 bits per heavy atom. The van der Waals surface area contributed by atoms with Gasteiger partial charge in [0.05, 0.1) is 11.6 Å². The maximum absolute atomic E-state index is 12.8. The Hall–Kier alpha value is -3.14. The van der Waals surface area contributed by atoms with Crippen molar-refractivity contribution in [1.82, 2.24) is 0 Å².